The van der Waals surface area contributed by atoms with E-state index in [-0.39, 0.29) is 45.7 Å². The number of nitrogens with zero attached hydrogens (tertiary/aromatic N) is 5. The Kier molecular flexibility index (Phi) is 9.15. The maximum absolute atomic E-state index is 13.4. The van der Waals surface area contributed by atoms with E-state index in [1.54, 1.807) is 6.08 Å². The molecule has 0 aliphatic carbocycles. The lowest BCUT2D eigenvalue weighted by molar-refractivity contribution is -0.151. The van der Waals surface area contributed by atoms with Crippen LogP contribution in [-0.4, -0.2) is 86.5 Å². The molecule has 1 fully saturated rings. The minimum Gasteiger partial charge on any atom is -0.504 e. The van der Waals surface area contributed by atoms with Crippen LogP contribution in [0.5, 0.6) is 11.5 Å². The number of oxime groups is 1. The van der Waals surface area contributed by atoms with Gasteiger partial charge in [-0.15, -0.1) is 23.1 Å². The molecule has 0 saturated carbocycles. The molecular formula is C27H25N9O9S2. The zero-order valence-electron chi connectivity index (χ0n) is 23.8. The van der Waals surface area contributed by atoms with Gasteiger partial charge in [0.1, 0.15) is 34.1 Å². The molecule has 0 spiro atoms. The van der Waals surface area contributed by atoms with E-state index in [0.29, 0.717) is 5.57 Å². The third-order valence-corrected chi connectivity index (χ3v) is 8.78. The van der Waals surface area contributed by atoms with Gasteiger partial charge in [0, 0.05) is 29.3 Å². The van der Waals surface area contributed by atoms with E-state index >= 15 is 0 Å². The Balaban J connectivity index is 1.35. The molecule has 3 atom stereocenters. The van der Waals surface area contributed by atoms with Crippen molar-refractivity contribution >= 4 is 63.5 Å². The minimum absolute atomic E-state index is 0.0503. The van der Waals surface area contributed by atoms with Gasteiger partial charge in [0.2, 0.25) is 6.10 Å². The maximum atomic E-state index is 13.4. The number of thioether (sulfide) groups is 1. The first-order valence-electron chi connectivity index (χ1n) is 13.3. The summed E-state index contributed by atoms with van der Waals surface area (Å²) in [4.78, 5) is 65.0. The van der Waals surface area contributed by atoms with Crippen molar-refractivity contribution in [2.24, 2.45) is 5.16 Å². The molecule has 2 aliphatic heterocycles. The minimum atomic E-state index is -1.83. The first kappa shape index (κ1) is 32.5. The number of fused-ring (bicyclic) bond motifs is 1. The van der Waals surface area contributed by atoms with E-state index in [1.165, 1.54) is 46.2 Å². The van der Waals surface area contributed by atoms with Gasteiger partial charge >= 0.3 is 11.9 Å². The zero-order chi connectivity index (χ0) is 34.0. The number of hydrogen-bond acceptors (Lipinski definition) is 15. The first-order valence-corrected chi connectivity index (χ1v) is 15.2. The van der Waals surface area contributed by atoms with Crippen molar-refractivity contribution in [2.45, 2.75) is 24.1 Å². The molecule has 0 radical (unpaired) electrons. The summed E-state index contributed by atoms with van der Waals surface area (Å²) in [5.41, 5.74) is 10.7. The number of phenols is 2. The molecule has 0 bridgehead atoms. The smallest absolute Gasteiger partial charge is 0.352 e. The van der Waals surface area contributed by atoms with Crippen molar-refractivity contribution in [3.8, 4) is 11.5 Å². The largest absolute Gasteiger partial charge is 0.504 e. The number of allylic oxidation sites excluding steroid dienone is 2. The van der Waals surface area contributed by atoms with E-state index in [0.717, 1.165) is 28.4 Å². The molecule has 1 saturated heterocycles. The average Bonchev–Trinajstić information content (AvgIpc) is 3.45. The highest BCUT2D eigenvalue weighted by Crippen LogP contribution is 2.40. The molecular weight excluding hydrogens is 658 g/mol. The van der Waals surface area contributed by atoms with E-state index in [4.69, 9.17) is 21.7 Å². The van der Waals surface area contributed by atoms with Crippen LogP contribution >= 0.6 is 23.1 Å². The predicted molar refractivity (Wildman–Crippen MR) is 166 cm³/mol. The molecule has 4 heterocycles. The van der Waals surface area contributed by atoms with Crippen molar-refractivity contribution in [3.05, 3.63) is 76.1 Å². The van der Waals surface area contributed by atoms with Crippen LogP contribution in [-0.2, 0) is 30.6 Å². The Morgan fingerprint density at radius 2 is 1.98 bits per heavy atom. The molecule has 3 unspecified atom stereocenters. The number of anilines is 2. The summed E-state index contributed by atoms with van der Waals surface area (Å²) in [7, 11) is 0. The maximum Gasteiger partial charge on any atom is 0.352 e. The summed E-state index contributed by atoms with van der Waals surface area (Å²) in [6.45, 7) is 0.186. The van der Waals surface area contributed by atoms with Gasteiger partial charge in [-0.05, 0) is 17.7 Å². The van der Waals surface area contributed by atoms with Gasteiger partial charge in [-0.3, -0.25) is 19.9 Å². The lowest BCUT2D eigenvalue weighted by atomic mass is 10.0. The number of amides is 2. The molecule has 18 nitrogen and oxygen atoms in total. The number of nitrogens with one attached hydrogen (secondary N) is 2. The fourth-order valence-corrected chi connectivity index (χ4v) is 6.42. The standard InChI is InChI=1S/C27H25N9O9S2/c28-16-7-17(29)35(10-31-16)5-1-2-12-8-46-24-19(23(40)36(24)20(12)25(41)42)33-22(39)18(13-9-47-27(30)32-13)34-45-21(26(43)44)11-3-4-14(37)15(38)6-11/h1-4,6-7,9-10,19,21,24,29,37-38H,5,8,28H2,(H2,30,32)(H,33,39)(H,41,42)(H,43,44). The topological polar surface area (TPSA) is 293 Å². The molecule has 20 heteroatoms. The Morgan fingerprint density at radius 3 is 2.62 bits per heavy atom. The summed E-state index contributed by atoms with van der Waals surface area (Å²) in [6.07, 6.45) is 2.70. The van der Waals surface area contributed by atoms with Gasteiger partial charge in [0.25, 0.3) is 11.8 Å². The number of rotatable bonds is 11. The molecule has 10 N–H and O–H groups in total. The number of carbonyl (C=O) groups is 4. The second-order valence-corrected chi connectivity index (χ2v) is 11.9. The number of benzene rings is 1. The van der Waals surface area contributed by atoms with Gasteiger partial charge in [0.15, 0.2) is 22.3 Å². The second kappa shape index (κ2) is 13.2. The molecule has 2 amide bonds. The van der Waals surface area contributed by atoms with E-state index in [2.05, 4.69) is 20.4 Å². The third kappa shape index (κ3) is 6.72. The number of aromatic hydroxyl groups is 2. The molecule has 244 valence electrons. The fraction of sp³-hybridized carbons (Fsp3) is 0.185. The van der Waals surface area contributed by atoms with E-state index in [1.807, 2.05) is 0 Å². The highest BCUT2D eigenvalue weighted by Gasteiger charge is 2.54. The molecule has 3 aromatic rings. The average molecular weight is 684 g/mol. The van der Waals surface area contributed by atoms with Gasteiger partial charge in [-0.2, -0.15) is 0 Å². The summed E-state index contributed by atoms with van der Waals surface area (Å²) in [6, 6.07) is 3.35. The predicted octanol–water partition coefficient (Wildman–Crippen LogP) is -0.0637. The zero-order valence-corrected chi connectivity index (χ0v) is 25.4. The molecule has 47 heavy (non-hydrogen) atoms. The number of thiazole rings is 1. The molecule has 5 rings (SSSR count). The van der Waals surface area contributed by atoms with Gasteiger partial charge in [-0.25, -0.2) is 19.6 Å². The fourth-order valence-electron chi connectivity index (χ4n) is 4.55. The Labute approximate surface area is 271 Å². The monoisotopic (exact) mass is 683 g/mol. The van der Waals surface area contributed by atoms with Crippen LogP contribution in [0.4, 0.5) is 10.9 Å². The van der Waals surface area contributed by atoms with Crippen molar-refractivity contribution in [1.29, 1.82) is 5.41 Å². The van der Waals surface area contributed by atoms with Crippen LogP contribution in [0.15, 0.2) is 64.6 Å². The highest BCUT2D eigenvalue weighted by atomic mass is 32.2. The van der Waals surface area contributed by atoms with Gasteiger partial charge < -0.3 is 46.6 Å². The Morgan fingerprint density at radius 1 is 1.21 bits per heavy atom. The Hall–Kier alpha value is -5.89. The molecule has 2 aromatic heterocycles. The summed E-state index contributed by atoms with van der Waals surface area (Å²) >= 11 is 2.15. The summed E-state index contributed by atoms with van der Waals surface area (Å²) < 4.78 is 1.47. The van der Waals surface area contributed by atoms with Crippen LogP contribution in [0, 0.1) is 5.41 Å². The number of aliphatic carboxylic acids is 2. The van der Waals surface area contributed by atoms with Crippen LogP contribution < -0.4 is 22.3 Å². The number of nitrogen functional groups attached to an aromatic ring is 2. The van der Waals surface area contributed by atoms with Crippen LogP contribution in [0.1, 0.15) is 17.4 Å². The number of phenolic OH excluding ortho intramolecular Hbond substituents is 2. The van der Waals surface area contributed by atoms with Crippen molar-refractivity contribution in [3.63, 3.8) is 0 Å². The van der Waals surface area contributed by atoms with E-state index < -0.39 is 58.5 Å². The third-order valence-electron chi connectivity index (χ3n) is 6.80. The Bertz CT molecular complexity index is 1940. The lowest BCUT2D eigenvalue weighted by Crippen LogP contribution is -2.71. The van der Waals surface area contributed by atoms with E-state index in [9.17, 15) is 39.6 Å². The van der Waals surface area contributed by atoms with Crippen molar-refractivity contribution < 1.29 is 44.4 Å². The van der Waals surface area contributed by atoms with Crippen LogP contribution in [0.25, 0.3) is 0 Å². The highest BCUT2D eigenvalue weighted by molar-refractivity contribution is 8.00. The van der Waals surface area contributed by atoms with Crippen LogP contribution in [0.3, 0.4) is 0 Å². The molecule has 1 aromatic carbocycles. The number of carboxylic acid groups (broad SMARTS) is 2. The summed E-state index contributed by atoms with van der Waals surface area (Å²) in [5, 5.41) is 53.8. The quantitative estimate of drug-likeness (QED) is 0.0568. The molecule has 2 aliphatic rings. The van der Waals surface area contributed by atoms with Crippen LogP contribution in [0.2, 0.25) is 0 Å². The second-order valence-electron chi connectivity index (χ2n) is 9.88. The number of hydrogen-bond donors (Lipinski definition) is 8. The SMILES string of the molecule is N=c1cc(N)ncn1CC=CC1=C(C(=O)O)N2C(=O)C(NC(=O)C(=NOC(C(=O)O)c3ccc(O)c(O)c3)c3csc(N)n3)C2SC1. The van der Waals surface area contributed by atoms with Gasteiger partial charge in [0.05, 0.1) is 6.33 Å². The number of nitrogens with two attached hydrogens (primary N) is 2. The number of carboxylic acids is 2. The van der Waals surface area contributed by atoms with Crippen molar-refractivity contribution in [2.75, 3.05) is 17.2 Å². The number of aromatic nitrogens is 3. The number of β-lactam (4-membered cyclic amide) rings is 1. The van der Waals surface area contributed by atoms with Crippen molar-refractivity contribution in [1.82, 2.24) is 24.8 Å². The summed E-state index contributed by atoms with van der Waals surface area (Å²) in [5.74, 6) is -5.36. The lowest BCUT2D eigenvalue weighted by Gasteiger charge is -2.49. The van der Waals surface area contributed by atoms with Gasteiger partial charge in [-0.1, -0.05) is 23.4 Å². The number of carbonyl (C=O) groups excluding carboxylic acids is 2. The first-order chi connectivity index (χ1) is 22.3. The normalized spacial score (nSPS) is 18.4.